The molecule has 2 aromatic carbocycles. The fourth-order valence-electron chi connectivity index (χ4n) is 3.01. The molecule has 1 heterocycles. The van der Waals surface area contributed by atoms with Gasteiger partial charge in [0.15, 0.2) is 5.78 Å². The maximum absolute atomic E-state index is 12.5. The van der Waals surface area contributed by atoms with E-state index in [0.29, 0.717) is 17.8 Å². The van der Waals surface area contributed by atoms with Crippen molar-refractivity contribution in [1.82, 2.24) is 9.80 Å². The second-order valence-corrected chi connectivity index (χ2v) is 7.77. The molecule has 1 fully saturated rings. The van der Waals surface area contributed by atoms with E-state index in [9.17, 15) is 9.59 Å². The molecule has 0 spiro atoms. The van der Waals surface area contributed by atoms with Crippen molar-refractivity contribution in [3.63, 3.8) is 0 Å². The van der Waals surface area contributed by atoms with Gasteiger partial charge in [-0.3, -0.25) is 9.69 Å². The quantitative estimate of drug-likeness (QED) is 0.576. The van der Waals surface area contributed by atoms with E-state index in [-0.39, 0.29) is 11.8 Å². The molecule has 1 saturated heterocycles. The molecule has 2 N–H and O–H groups in total. The number of piperazine rings is 1. The summed E-state index contributed by atoms with van der Waals surface area (Å²) in [6.07, 6.45) is 2.01. The minimum absolute atomic E-state index is 0.106. The summed E-state index contributed by atoms with van der Waals surface area (Å²) in [5, 5.41) is 5.59. The average Bonchev–Trinajstić information content (AvgIpc) is 2.71. The molecule has 3 rings (SSSR count). The molecule has 0 atom stereocenters. The summed E-state index contributed by atoms with van der Waals surface area (Å²) in [4.78, 5) is 30.2. The Kier molecular flexibility index (Phi) is 7.08. The van der Waals surface area contributed by atoms with E-state index >= 15 is 0 Å². The van der Waals surface area contributed by atoms with Gasteiger partial charge in [0.1, 0.15) is 0 Å². The highest BCUT2D eigenvalue weighted by atomic mass is 32.2. The fourth-order valence-corrected chi connectivity index (χ4v) is 3.42. The van der Waals surface area contributed by atoms with Crippen LogP contribution in [0.2, 0.25) is 0 Å². The van der Waals surface area contributed by atoms with Crippen molar-refractivity contribution in [2.75, 3.05) is 56.7 Å². The summed E-state index contributed by atoms with van der Waals surface area (Å²) in [7, 11) is 2.10. The summed E-state index contributed by atoms with van der Waals surface area (Å²) in [5.74, 6) is 0.106. The number of Topliss-reactive ketones (excluding diaryl/α,β-unsaturated/α-hetero) is 1. The van der Waals surface area contributed by atoms with Gasteiger partial charge in [-0.1, -0.05) is 0 Å². The van der Waals surface area contributed by atoms with E-state index < -0.39 is 0 Å². The molecule has 0 saturated carbocycles. The van der Waals surface area contributed by atoms with E-state index in [4.69, 9.17) is 0 Å². The Morgan fingerprint density at radius 3 is 1.96 bits per heavy atom. The third-order valence-corrected chi connectivity index (χ3v) is 5.52. The van der Waals surface area contributed by atoms with Crippen LogP contribution in [0.25, 0.3) is 0 Å². The Morgan fingerprint density at radius 1 is 0.893 bits per heavy atom. The van der Waals surface area contributed by atoms with Crippen molar-refractivity contribution in [1.29, 1.82) is 0 Å². The van der Waals surface area contributed by atoms with E-state index in [0.717, 1.165) is 36.8 Å². The number of thioether (sulfide) groups is 1. The summed E-state index contributed by atoms with van der Waals surface area (Å²) in [6.45, 7) is 4.25. The number of urea groups is 1. The van der Waals surface area contributed by atoms with Crippen molar-refractivity contribution in [2.45, 2.75) is 4.90 Å². The minimum atomic E-state index is -0.312. The Labute approximate surface area is 170 Å². The van der Waals surface area contributed by atoms with Crippen LogP contribution in [0, 0.1) is 0 Å². The van der Waals surface area contributed by atoms with Gasteiger partial charge in [-0.25, -0.2) is 4.79 Å². The number of hydrogen-bond acceptors (Lipinski definition) is 5. The predicted molar refractivity (Wildman–Crippen MR) is 116 cm³/mol. The molecule has 28 heavy (non-hydrogen) atoms. The third kappa shape index (κ3) is 5.82. The van der Waals surface area contributed by atoms with E-state index in [1.54, 1.807) is 36.0 Å². The average molecular weight is 399 g/mol. The number of likely N-dealkylation sites (N-methyl/N-ethyl adjacent to an activating group) is 1. The fraction of sp³-hybridized carbons (Fsp3) is 0.333. The first-order chi connectivity index (χ1) is 13.5. The topological polar surface area (TPSA) is 64.7 Å². The Balaban J connectivity index is 1.50. The molecule has 0 aliphatic carbocycles. The van der Waals surface area contributed by atoms with Gasteiger partial charge in [0.25, 0.3) is 0 Å². The standard InChI is InChI=1S/C21H26N4O2S/c1-24-11-13-25(14-12-24)15-20(26)16-3-5-17(6-4-16)22-21(27)23-18-7-9-19(28-2)10-8-18/h3-10H,11-15H2,1-2H3,(H2,22,23,27). The molecule has 0 bridgehead atoms. The van der Waals surface area contributed by atoms with Crippen LogP contribution in [-0.4, -0.2) is 67.6 Å². The molecule has 1 aliphatic rings. The molecule has 0 unspecified atom stereocenters. The van der Waals surface area contributed by atoms with Gasteiger partial charge in [0, 0.05) is 48.0 Å². The first kappa shape index (κ1) is 20.4. The van der Waals surface area contributed by atoms with Gasteiger partial charge in [-0.05, 0) is 61.8 Å². The smallest absolute Gasteiger partial charge is 0.308 e. The lowest BCUT2D eigenvalue weighted by Crippen LogP contribution is -2.46. The molecule has 6 nitrogen and oxygen atoms in total. The highest BCUT2D eigenvalue weighted by molar-refractivity contribution is 7.98. The highest BCUT2D eigenvalue weighted by Gasteiger charge is 2.17. The Morgan fingerprint density at radius 2 is 1.43 bits per heavy atom. The Bertz CT molecular complexity index is 800. The Hall–Kier alpha value is -2.35. The summed E-state index contributed by atoms with van der Waals surface area (Å²) >= 11 is 1.65. The number of rotatable bonds is 6. The molecule has 1 aliphatic heterocycles. The van der Waals surface area contributed by atoms with Crippen molar-refractivity contribution in [3.8, 4) is 0 Å². The maximum Gasteiger partial charge on any atom is 0.323 e. The largest absolute Gasteiger partial charge is 0.323 e. The molecule has 2 amide bonds. The van der Waals surface area contributed by atoms with Gasteiger partial charge >= 0.3 is 6.03 Å². The van der Waals surface area contributed by atoms with Crippen LogP contribution in [0.5, 0.6) is 0 Å². The third-order valence-electron chi connectivity index (χ3n) is 4.78. The molecule has 148 valence electrons. The second kappa shape index (κ2) is 9.73. The predicted octanol–water partition coefficient (Wildman–Crippen LogP) is 3.48. The summed E-state index contributed by atoms with van der Waals surface area (Å²) in [5.41, 5.74) is 2.04. The number of amides is 2. The molecular weight excluding hydrogens is 372 g/mol. The number of carbonyl (C=O) groups is 2. The lowest BCUT2D eigenvalue weighted by atomic mass is 10.1. The number of nitrogens with zero attached hydrogens (tertiary/aromatic N) is 2. The van der Waals surface area contributed by atoms with Crippen LogP contribution < -0.4 is 10.6 Å². The number of benzene rings is 2. The lowest BCUT2D eigenvalue weighted by Gasteiger charge is -2.31. The van der Waals surface area contributed by atoms with Gasteiger partial charge in [0.2, 0.25) is 0 Å². The molecular formula is C21H26N4O2S. The zero-order valence-electron chi connectivity index (χ0n) is 16.3. The monoisotopic (exact) mass is 398 g/mol. The van der Waals surface area contributed by atoms with Gasteiger partial charge in [-0.2, -0.15) is 0 Å². The van der Waals surface area contributed by atoms with Crippen molar-refractivity contribution in [2.24, 2.45) is 0 Å². The molecule has 0 aromatic heterocycles. The summed E-state index contributed by atoms with van der Waals surface area (Å²) in [6, 6.07) is 14.4. The lowest BCUT2D eigenvalue weighted by molar-refractivity contribution is 0.0876. The highest BCUT2D eigenvalue weighted by Crippen LogP contribution is 2.18. The van der Waals surface area contributed by atoms with E-state index in [1.165, 1.54) is 0 Å². The van der Waals surface area contributed by atoms with Crippen molar-refractivity contribution >= 4 is 35.0 Å². The van der Waals surface area contributed by atoms with Gasteiger partial charge in [0.05, 0.1) is 6.54 Å². The first-order valence-electron chi connectivity index (χ1n) is 9.30. The van der Waals surface area contributed by atoms with Crippen LogP contribution in [0.1, 0.15) is 10.4 Å². The first-order valence-corrected chi connectivity index (χ1v) is 10.5. The van der Waals surface area contributed by atoms with Crippen LogP contribution in [0.15, 0.2) is 53.4 Å². The zero-order chi connectivity index (χ0) is 19.9. The van der Waals surface area contributed by atoms with Gasteiger partial charge in [-0.15, -0.1) is 11.8 Å². The number of nitrogens with one attached hydrogen (secondary N) is 2. The van der Waals surface area contributed by atoms with Crippen molar-refractivity contribution in [3.05, 3.63) is 54.1 Å². The minimum Gasteiger partial charge on any atom is -0.308 e. The number of anilines is 2. The zero-order valence-corrected chi connectivity index (χ0v) is 17.1. The van der Waals surface area contributed by atoms with Crippen LogP contribution in [-0.2, 0) is 0 Å². The SMILES string of the molecule is CSc1ccc(NC(=O)Nc2ccc(C(=O)CN3CCN(C)CC3)cc2)cc1. The van der Waals surface area contributed by atoms with Crippen LogP contribution in [0.3, 0.4) is 0 Å². The number of carbonyl (C=O) groups excluding carboxylic acids is 2. The maximum atomic E-state index is 12.5. The second-order valence-electron chi connectivity index (χ2n) is 6.89. The van der Waals surface area contributed by atoms with Crippen molar-refractivity contribution < 1.29 is 9.59 Å². The van der Waals surface area contributed by atoms with E-state index in [1.807, 2.05) is 30.5 Å². The van der Waals surface area contributed by atoms with Crippen LogP contribution in [0.4, 0.5) is 16.2 Å². The molecule has 2 aromatic rings. The van der Waals surface area contributed by atoms with E-state index in [2.05, 4.69) is 27.5 Å². The molecule has 0 radical (unpaired) electrons. The summed E-state index contributed by atoms with van der Waals surface area (Å²) < 4.78 is 0. The van der Waals surface area contributed by atoms with Crippen LogP contribution >= 0.6 is 11.8 Å². The molecule has 7 heteroatoms. The number of ketones is 1. The van der Waals surface area contributed by atoms with Gasteiger partial charge < -0.3 is 15.5 Å². The normalized spacial score (nSPS) is 15.2. The number of hydrogen-bond donors (Lipinski definition) is 2.